The normalized spacial score (nSPS) is 10.2. The molecule has 0 aliphatic rings. The maximum atomic E-state index is 11.6. The first-order valence-corrected chi connectivity index (χ1v) is 6.20. The average Bonchev–Trinajstić information content (AvgIpc) is 2.82. The summed E-state index contributed by atoms with van der Waals surface area (Å²) in [6, 6.07) is 3.62. The number of rotatable bonds is 3. The second kappa shape index (κ2) is 5.05. The Balaban J connectivity index is 2.39. The number of aromatic nitrogens is 2. The van der Waals surface area contributed by atoms with Crippen LogP contribution in [0.3, 0.4) is 0 Å². The molecule has 0 saturated carbocycles. The predicted octanol–water partition coefficient (Wildman–Crippen LogP) is 2.69. The van der Waals surface area contributed by atoms with Crippen molar-refractivity contribution in [2.24, 2.45) is 0 Å². The molecule has 0 aromatic carbocycles. The summed E-state index contributed by atoms with van der Waals surface area (Å²) in [5, 5.41) is 3.95. The molecule has 0 bridgehead atoms. The fraction of sp³-hybridized carbons (Fsp3) is 0.250. The van der Waals surface area contributed by atoms with Crippen LogP contribution in [0.25, 0.3) is 11.3 Å². The summed E-state index contributed by atoms with van der Waals surface area (Å²) in [6.45, 7) is 3.87. The molecule has 0 unspecified atom stereocenters. The van der Waals surface area contributed by atoms with E-state index < -0.39 is 5.97 Å². The molecule has 2 aromatic rings. The lowest BCUT2D eigenvalue weighted by atomic mass is 10.2. The van der Waals surface area contributed by atoms with E-state index in [-0.39, 0.29) is 0 Å². The Kier molecular flexibility index (Phi) is 3.49. The van der Waals surface area contributed by atoms with Crippen molar-refractivity contribution in [3.05, 3.63) is 34.4 Å². The van der Waals surface area contributed by atoms with E-state index in [1.54, 1.807) is 31.3 Å². The molecule has 88 valence electrons. The zero-order chi connectivity index (χ0) is 12.3. The van der Waals surface area contributed by atoms with Gasteiger partial charge in [0.05, 0.1) is 12.3 Å². The summed E-state index contributed by atoms with van der Waals surface area (Å²) in [5.41, 5.74) is 2.05. The van der Waals surface area contributed by atoms with Gasteiger partial charge in [-0.25, -0.2) is 14.8 Å². The van der Waals surface area contributed by atoms with Gasteiger partial charge in [-0.2, -0.15) is 11.3 Å². The predicted molar refractivity (Wildman–Crippen MR) is 66.0 cm³/mol. The van der Waals surface area contributed by atoms with Gasteiger partial charge in [-0.3, -0.25) is 0 Å². The van der Waals surface area contributed by atoms with E-state index in [4.69, 9.17) is 4.74 Å². The van der Waals surface area contributed by atoms with Gasteiger partial charge in [-0.15, -0.1) is 0 Å². The van der Waals surface area contributed by atoms with Gasteiger partial charge in [0.15, 0.2) is 5.69 Å². The van der Waals surface area contributed by atoms with Crippen LogP contribution in [-0.4, -0.2) is 22.5 Å². The number of nitrogens with zero attached hydrogens (tertiary/aromatic N) is 2. The van der Waals surface area contributed by atoms with Crippen molar-refractivity contribution in [1.29, 1.82) is 0 Å². The van der Waals surface area contributed by atoms with Crippen molar-refractivity contribution in [3.63, 3.8) is 0 Å². The molecule has 0 amide bonds. The first-order valence-electron chi connectivity index (χ1n) is 5.26. The molecule has 0 atom stereocenters. The van der Waals surface area contributed by atoms with Crippen LogP contribution in [0.2, 0.25) is 0 Å². The second-order valence-corrected chi connectivity index (χ2v) is 4.20. The molecule has 0 aliphatic carbocycles. The van der Waals surface area contributed by atoms with Crippen LogP contribution in [0.15, 0.2) is 22.9 Å². The molecular weight excluding hydrogens is 236 g/mol. The SMILES string of the molecule is CCOC(=O)c1cc(-c2ccsc2)nc(C)n1. The molecule has 2 heterocycles. The largest absolute Gasteiger partial charge is 0.461 e. The Morgan fingerprint density at radius 1 is 1.47 bits per heavy atom. The molecule has 2 aromatic heterocycles. The van der Waals surface area contributed by atoms with E-state index in [0.717, 1.165) is 11.3 Å². The third kappa shape index (κ3) is 2.68. The summed E-state index contributed by atoms with van der Waals surface area (Å²) < 4.78 is 4.93. The van der Waals surface area contributed by atoms with Crippen molar-refractivity contribution in [3.8, 4) is 11.3 Å². The number of hydrogen-bond donors (Lipinski definition) is 0. The summed E-state index contributed by atoms with van der Waals surface area (Å²) >= 11 is 1.59. The van der Waals surface area contributed by atoms with Crippen molar-refractivity contribution in [2.75, 3.05) is 6.61 Å². The molecule has 5 heteroatoms. The molecule has 0 spiro atoms. The molecule has 17 heavy (non-hydrogen) atoms. The van der Waals surface area contributed by atoms with Crippen molar-refractivity contribution in [1.82, 2.24) is 9.97 Å². The summed E-state index contributed by atoms with van der Waals surface area (Å²) in [4.78, 5) is 20.0. The Labute approximate surface area is 103 Å². The Morgan fingerprint density at radius 2 is 2.29 bits per heavy atom. The van der Waals surface area contributed by atoms with Crippen LogP contribution in [0.5, 0.6) is 0 Å². The average molecular weight is 248 g/mol. The minimum absolute atomic E-state index is 0.306. The highest BCUT2D eigenvalue weighted by Gasteiger charge is 2.12. The Morgan fingerprint density at radius 3 is 2.94 bits per heavy atom. The van der Waals surface area contributed by atoms with Crippen LogP contribution in [0.1, 0.15) is 23.2 Å². The van der Waals surface area contributed by atoms with E-state index in [0.29, 0.717) is 18.1 Å². The molecule has 4 nitrogen and oxygen atoms in total. The Hall–Kier alpha value is -1.75. The van der Waals surface area contributed by atoms with Crippen molar-refractivity contribution >= 4 is 17.3 Å². The highest BCUT2D eigenvalue weighted by molar-refractivity contribution is 7.08. The molecule has 0 radical (unpaired) electrons. The molecule has 2 rings (SSSR count). The number of carbonyl (C=O) groups excluding carboxylic acids is 1. The molecule has 0 saturated heterocycles. The highest BCUT2D eigenvalue weighted by Crippen LogP contribution is 2.20. The quantitative estimate of drug-likeness (QED) is 0.784. The van der Waals surface area contributed by atoms with E-state index in [2.05, 4.69) is 9.97 Å². The number of ether oxygens (including phenoxy) is 1. The highest BCUT2D eigenvalue weighted by atomic mass is 32.1. The van der Waals surface area contributed by atoms with Crippen LogP contribution in [0, 0.1) is 6.92 Å². The lowest BCUT2D eigenvalue weighted by Crippen LogP contribution is -2.09. The first kappa shape index (κ1) is 11.7. The van der Waals surface area contributed by atoms with Gasteiger partial charge in [-0.05, 0) is 31.4 Å². The monoisotopic (exact) mass is 248 g/mol. The summed E-state index contributed by atoms with van der Waals surface area (Å²) in [6.07, 6.45) is 0. The van der Waals surface area contributed by atoms with Gasteiger partial charge in [-0.1, -0.05) is 0 Å². The van der Waals surface area contributed by atoms with E-state index in [9.17, 15) is 4.79 Å². The first-order chi connectivity index (χ1) is 8.20. The lowest BCUT2D eigenvalue weighted by Gasteiger charge is -2.04. The number of hydrogen-bond acceptors (Lipinski definition) is 5. The number of esters is 1. The smallest absolute Gasteiger partial charge is 0.357 e. The van der Waals surface area contributed by atoms with Crippen LogP contribution in [0.4, 0.5) is 0 Å². The van der Waals surface area contributed by atoms with E-state index in [1.165, 1.54) is 0 Å². The third-order valence-corrected chi connectivity index (χ3v) is 2.82. The fourth-order valence-electron chi connectivity index (χ4n) is 1.44. The lowest BCUT2D eigenvalue weighted by molar-refractivity contribution is 0.0519. The summed E-state index contributed by atoms with van der Waals surface area (Å²) in [5.74, 6) is 0.159. The van der Waals surface area contributed by atoms with E-state index >= 15 is 0 Å². The van der Waals surface area contributed by atoms with Crippen LogP contribution >= 0.6 is 11.3 Å². The molecule has 0 aliphatic heterocycles. The zero-order valence-electron chi connectivity index (χ0n) is 9.64. The third-order valence-electron chi connectivity index (χ3n) is 2.14. The standard InChI is InChI=1S/C12H12N2O2S/c1-3-16-12(15)11-6-10(13-8(2)14-11)9-4-5-17-7-9/h4-7H,3H2,1-2H3. The van der Waals surface area contributed by atoms with Crippen LogP contribution < -0.4 is 0 Å². The maximum absolute atomic E-state index is 11.6. The van der Waals surface area contributed by atoms with Crippen LogP contribution in [-0.2, 0) is 4.74 Å². The van der Waals surface area contributed by atoms with Gasteiger partial charge < -0.3 is 4.74 Å². The topological polar surface area (TPSA) is 52.1 Å². The zero-order valence-corrected chi connectivity index (χ0v) is 10.5. The number of carbonyl (C=O) groups is 1. The maximum Gasteiger partial charge on any atom is 0.357 e. The van der Waals surface area contributed by atoms with E-state index in [1.807, 2.05) is 16.8 Å². The minimum atomic E-state index is -0.408. The van der Waals surface area contributed by atoms with Crippen molar-refractivity contribution < 1.29 is 9.53 Å². The van der Waals surface area contributed by atoms with Gasteiger partial charge in [0.1, 0.15) is 5.82 Å². The summed E-state index contributed by atoms with van der Waals surface area (Å²) in [7, 11) is 0. The van der Waals surface area contributed by atoms with Gasteiger partial charge in [0.2, 0.25) is 0 Å². The molecular formula is C12H12N2O2S. The van der Waals surface area contributed by atoms with Crippen molar-refractivity contribution in [2.45, 2.75) is 13.8 Å². The van der Waals surface area contributed by atoms with Gasteiger partial charge >= 0.3 is 5.97 Å². The molecule has 0 fully saturated rings. The molecule has 0 N–H and O–H groups in total. The minimum Gasteiger partial charge on any atom is -0.461 e. The van der Waals surface area contributed by atoms with Gasteiger partial charge in [0.25, 0.3) is 0 Å². The number of thiophene rings is 1. The number of aryl methyl sites for hydroxylation is 1. The fourth-order valence-corrected chi connectivity index (χ4v) is 2.09. The Bertz CT molecular complexity index is 523. The van der Waals surface area contributed by atoms with Gasteiger partial charge in [0, 0.05) is 10.9 Å². The second-order valence-electron chi connectivity index (χ2n) is 3.42.